The van der Waals surface area contributed by atoms with E-state index in [2.05, 4.69) is 10.6 Å². The third-order valence-corrected chi connectivity index (χ3v) is 3.98. The number of amides is 1. The van der Waals surface area contributed by atoms with Gasteiger partial charge in [-0.3, -0.25) is 4.79 Å². The van der Waals surface area contributed by atoms with Crippen LogP contribution in [0.1, 0.15) is 12.8 Å². The Morgan fingerprint density at radius 1 is 1.30 bits per heavy atom. The predicted molar refractivity (Wildman–Crippen MR) is 90.3 cm³/mol. The highest BCUT2D eigenvalue weighted by atomic mass is 35.5. The Morgan fingerprint density at radius 2 is 1.96 bits per heavy atom. The summed E-state index contributed by atoms with van der Waals surface area (Å²) in [5, 5.41) is 15.5. The molecular weight excluding hydrogens is 320 g/mol. The fourth-order valence-corrected chi connectivity index (χ4v) is 2.66. The molecule has 0 spiro atoms. The van der Waals surface area contributed by atoms with E-state index in [0.717, 1.165) is 25.9 Å². The van der Waals surface area contributed by atoms with E-state index in [0.29, 0.717) is 18.9 Å². The summed E-state index contributed by atoms with van der Waals surface area (Å²) < 4.78 is 10.7. The number of benzene rings is 1. The molecule has 3 N–H and O–H groups in total. The van der Waals surface area contributed by atoms with Crippen LogP contribution in [0.4, 0.5) is 0 Å². The van der Waals surface area contributed by atoms with Crippen LogP contribution >= 0.6 is 12.4 Å². The van der Waals surface area contributed by atoms with Crippen LogP contribution in [-0.2, 0) is 9.53 Å². The van der Waals surface area contributed by atoms with Crippen molar-refractivity contribution in [3.8, 4) is 11.5 Å². The molecular formula is C16H25ClN2O4. The lowest BCUT2D eigenvalue weighted by Crippen LogP contribution is -2.47. The van der Waals surface area contributed by atoms with Crippen molar-refractivity contribution in [2.24, 2.45) is 5.41 Å². The third-order valence-electron chi connectivity index (χ3n) is 3.98. The van der Waals surface area contributed by atoms with E-state index in [4.69, 9.17) is 9.47 Å². The topological polar surface area (TPSA) is 79.8 Å². The van der Waals surface area contributed by atoms with Crippen LogP contribution < -0.4 is 15.4 Å². The largest absolute Gasteiger partial charge is 0.508 e. The number of rotatable bonds is 7. The Balaban J connectivity index is 0.00000264. The zero-order chi connectivity index (χ0) is 15.8. The molecule has 0 radical (unpaired) electrons. The second kappa shape index (κ2) is 9.60. The minimum Gasteiger partial charge on any atom is -0.508 e. The molecule has 1 aromatic carbocycles. The molecule has 7 heteroatoms. The number of carbonyl (C=O) groups excluding carboxylic acids is 1. The highest BCUT2D eigenvalue weighted by Gasteiger charge is 2.32. The van der Waals surface area contributed by atoms with E-state index in [-0.39, 0.29) is 36.1 Å². The summed E-state index contributed by atoms with van der Waals surface area (Å²) in [7, 11) is 1.69. The van der Waals surface area contributed by atoms with Gasteiger partial charge in [0.1, 0.15) is 11.5 Å². The van der Waals surface area contributed by atoms with Crippen molar-refractivity contribution in [3.05, 3.63) is 24.3 Å². The molecule has 1 fully saturated rings. The number of piperidine rings is 1. The Kier molecular flexibility index (Phi) is 8.16. The number of phenols is 1. The fourth-order valence-electron chi connectivity index (χ4n) is 2.66. The average Bonchev–Trinajstić information content (AvgIpc) is 2.54. The molecule has 2 rings (SSSR count). The van der Waals surface area contributed by atoms with E-state index >= 15 is 0 Å². The lowest BCUT2D eigenvalue weighted by molar-refractivity contribution is -0.124. The summed E-state index contributed by atoms with van der Waals surface area (Å²) in [6, 6.07) is 6.30. The first-order valence-corrected chi connectivity index (χ1v) is 7.52. The van der Waals surface area contributed by atoms with Gasteiger partial charge in [0.05, 0.1) is 6.61 Å². The van der Waals surface area contributed by atoms with Crippen molar-refractivity contribution in [3.63, 3.8) is 0 Å². The first-order chi connectivity index (χ1) is 10.6. The van der Waals surface area contributed by atoms with Gasteiger partial charge in [0.25, 0.3) is 5.91 Å². The summed E-state index contributed by atoms with van der Waals surface area (Å²) in [6.07, 6.45) is 1.97. The van der Waals surface area contributed by atoms with Crippen molar-refractivity contribution >= 4 is 18.3 Å². The van der Waals surface area contributed by atoms with Crippen LogP contribution in [0.25, 0.3) is 0 Å². The lowest BCUT2D eigenvalue weighted by Gasteiger charge is -2.37. The van der Waals surface area contributed by atoms with Gasteiger partial charge in [0, 0.05) is 19.1 Å². The van der Waals surface area contributed by atoms with Crippen LogP contribution in [0.5, 0.6) is 11.5 Å². The van der Waals surface area contributed by atoms with Crippen molar-refractivity contribution in [2.75, 3.05) is 40.0 Å². The quantitative estimate of drug-likeness (QED) is 0.695. The Labute approximate surface area is 143 Å². The SMILES string of the molecule is COCC1(CNC(=O)COc2ccc(O)cc2)CCNCC1.Cl. The van der Waals surface area contributed by atoms with Crippen LogP contribution in [0, 0.1) is 5.41 Å². The van der Waals surface area contributed by atoms with Gasteiger partial charge in [0.15, 0.2) is 6.61 Å². The maximum Gasteiger partial charge on any atom is 0.257 e. The van der Waals surface area contributed by atoms with E-state index in [1.54, 1.807) is 19.2 Å². The molecule has 0 aliphatic carbocycles. The second-order valence-corrected chi connectivity index (χ2v) is 5.74. The van der Waals surface area contributed by atoms with Gasteiger partial charge < -0.3 is 25.2 Å². The Hall–Kier alpha value is -1.50. The van der Waals surface area contributed by atoms with Crippen LogP contribution in [-0.4, -0.2) is 51.0 Å². The molecule has 1 aliphatic rings. The average molecular weight is 345 g/mol. The lowest BCUT2D eigenvalue weighted by atomic mass is 9.79. The summed E-state index contributed by atoms with van der Waals surface area (Å²) in [6.45, 7) is 3.10. The highest BCUT2D eigenvalue weighted by Crippen LogP contribution is 2.28. The Morgan fingerprint density at radius 3 is 2.57 bits per heavy atom. The first-order valence-electron chi connectivity index (χ1n) is 7.52. The normalized spacial score (nSPS) is 16.2. The maximum absolute atomic E-state index is 11.9. The van der Waals surface area contributed by atoms with Crippen molar-refractivity contribution in [2.45, 2.75) is 12.8 Å². The number of nitrogens with one attached hydrogen (secondary N) is 2. The number of halogens is 1. The number of methoxy groups -OCH3 is 1. The minimum absolute atomic E-state index is 0. The Bertz CT molecular complexity index is 470. The van der Waals surface area contributed by atoms with Gasteiger partial charge in [-0.05, 0) is 50.2 Å². The monoisotopic (exact) mass is 344 g/mol. The van der Waals surface area contributed by atoms with Crippen molar-refractivity contribution in [1.29, 1.82) is 0 Å². The molecule has 0 saturated carbocycles. The smallest absolute Gasteiger partial charge is 0.257 e. The summed E-state index contributed by atoms with van der Waals surface area (Å²) >= 11 is 0. The summed E-state index contributed by atoms with van der Waals surface area (Å²) in [5.41, 5.74) is 0.00813. The standard InChI is InChI=1S/C16H24N2O4.ClH/c1-21-12-16(6-8-17-9-7-16)11-18-15(20)10-22-14-4-2-13(19)3-5-14;/h2-5,17,19H,6-12H2,1H3,(H,18,20);1H. The second-order valence-electron chi connectivity index (χ2n) is 5.74. The van der Waals surface area contributed by atoms with Gasteiger partial charge in [-0.25, -0.2) is 0 Å². The molecule has 0 aromatic heterocycles. The number of phenolic OH excluding ortho intramolecular Hbond substituents is 1. The molecule has 0 unspecified atom stereocenters. The number of aromatic hydroxyl groups is 1. The third kappa shape index (κ3) is 6.25. The van der Waals surface area contributed by atoms with Crippen LogP contribution in [0.2, 0.25) is 0 Å². The molecule has 1 heterocycles. The zero-order valence-corrected chi connectivity index (χ0v) is 14.2. The van der Waals surface area contributed by atoms with Crippen LogP contribution in [0.3, 0.4) is 0 Å². The molecule has 23 heavy (non-hydrogen) atoms. The predicted octanol–water partition coefficient (Wildman–Crippen LogP) is 1.33. The molecule has 1 amide bonds. The summed E-state index contributed by atoms with van der Waals surface area (Å²) in [4.78, 5) is 11.9. The van der Waals surface area contributed by atoms with E-state index in [1.807, 2.05) is 0 Å². The van der Waals surface area contributed by atoms with Crippen LogP contribution in [0.15, 0.2) is 24.3 Å². The number of hydrogen-bond donors (Lipinski definition) is 3. The summed E-state index contributed by atoms with van der Waals surface area (Å²) in [5.74, 6) is 0.577. The van der Waals surface area contributed by atoms with E-state index in [1.165, 1.54) is 12.1 Å². The van der Waals surface area contributed by atoms with Gasteiger partial charge in [-0.15, -0.1) is 12.4 Å². The number of carbonyl (C=O) groups is 1. The molecule has 130 valence electrons. The van der Waals surface area contributed by atoms with E-state index in [9.17, 15) is 9.90 Å². The molecule has 1 aliphatic heterocycles. The molecule has 0 bridgehead atoms. The van der Waals surface area contributed by atoms with Gasteiger partial charge in [-0.1, -0.05) is 0 Å². The van der Waals surface area contributed by atoms with Gasteiger partial charge in [-0.2, -0.15) is 0 Å². The zero-order valence-electron chi connectivity index (χ0n) is 13.3. The fraction of sp³-hybridized carbons (Fsp3) is 0.562. The highest BCUT2D eigenvalue weighted by molar-refractivity contribution is 5.85. The molecule has 6 nitrogen and oxygen atoms in total. The van der Waals surface area contributed by atoms with Gasteiger partial charge >= 0.3 is 0 Å². The first kappa shape index (κ1) is 19.5. The van der Waals surface area contributed by atoms with Gasteiger partial charge in [0.2, 0.25) is 0 Å². The molecule has 1 aromatic rings. The molecule has 1 saturated heterocycles. The molecule has 0 atom stereocenters. The van der Waals surface area contributed by atoms with Crippen molar-refractivity contribution < 1.29 is 19.4 Å². The van der Waals surface area contributed by atoms with E-state index < -0.39 is 0 Å². The number of ether oxygens (including phenoxy) is 2. The minimum atomic E-state index is -0.151. The van der Waals surface area contributed by atoms with Crippen molar-refractivity contribution in [1.82, 2.24) is 10.6 Å². The number of hydrogen-bond acceptors (Lipinski definition) is 5. The maximum atomic E-state index is 11.9.